The first-order valence-electron chi connectivity index (χ1n) is 14.2. The molecule has 3 heteroatoms. The van der Waals surface area contributed by atoms with Crippen molar-refractivity contribution in [3.05, 3.63) is 144 Å². The summed E-state index contributed by atoms with van der Waals surface area (Å²) in [6, 6.07) is 41.1. The predicted molar refractivity (Wildman–Crippen MR) is 174 cm³/mol. The molecule has 200 valence electrons. The van der Waals surface area contributed by atoms with E-state index in [1.165, 1.54) is 44.2 Å². The van der Waals surface area contributed by atoms with Gasteiger partial charge in [-0.05, 0) is 78.4 Å². The highest BCUT2D eigenvalue weighted by Gasteiger charge is 2.22. The molecular weight excluding hydrogens is 510 g/mol. The maximum atomic E-state index is 10.1. The fraction of sp³-hybridized carbons (Fsp3) is 0.0769. The second-order valence-electron chi connectivity index (χ2n) is 10.9. The van der Waals surface area contributed by atoms with E-state index in [0.29, 0.717) is 5.56 Å². The van der Waals surface area contributed by atoms with E-state index in [-0.39, 0.29) is 0 Å². The number of aromatic nitrogens is 2. The van der Waals surface area contributed by atoms with Gasteiger partial charge >= 0.3 is 0 Å². The molecule has 42 heavy (non-hydrogen) atoms. The second kappa shape index (κ2) is 10.2. The Balaban J connectivity index is 1.70. The summed E-state index contributed by atoms with van der Waals surface area (Å²) in [4.78, 5) is 4.22. The molecule has 3 nitrogen and oxygen atoms in total. The normalized spacial score (nSPS) is 11.2. The topological polar surface area (TPSA) is 41.6 Å². The number of fused-ring (bicyclic) bond motifs is 3. The maximum absolute atomic E-state index is 10.1. The lowest BCUT2D eigenvalue weighted by Gasteiger charge is -2.19. The minimum atomic E-state index is 0.654. The van der Waals surface area contributed by atoms with E-state index in [1.807, 2.05) is 18.2 Å². The summed E-state index contributed by atoms with van der Waals surface area (Å²) in [6.07, 6.45) is 3.56. The maximum Gasteiger partial charge on any atom is 0.0998 e. The molecule has 0 aliphatic rings. The van der Waals surface area contributed by atoms with Crippen LogP contribution in [0.2, 0.25) is 0 Å². The molecule has 0 N–H and O–H groups in total. The summed E-state index contributed by atoms with van der Waals surface area (Å²) in [5.41, 5.74) is 14.2. The van der Waals surface area contributed by atoms with Crippen LogP contribution in [0.4, 0.5) is 0 Å². The summed E-state index contributed by atoms with van der Waals surface area (Å²) in [7, 11) is 0. The molecule has 7 rings (SSSR count). The fourth-order valence-corrected chi connectivity index (χ4v) is 6.34. The van der Waals surface area contributed by atoms with Gasteiger partial charge < -0.3 is 4.57 Å². The third-order valence-corrected chi connectivity index (χ3v) is 8.37. The van der Waals surface area contributed by atoms with Crippen LogP contribution in [0.5, 0.6) is 0 Å². The molecule has 2 heterocycles. The molecule has 5 aromatic carbocycles. The first-order valence-corrected chi connectivity index (χ1v) is 14.2. The van der Waals surface area contributed by atoms with Gasteiger partial charge in [0.15, 0.2) is 0 Å². The highest BCUT2D eigenvalue weighted by atomic mass is 15.0. The van der Waals surface area contributed by atoms with Crippen LogP contribution in [0.1, 0.15) is 22.3 Å². The zero-order chi connectivity index (χ0) is 28.8. The molecule has 0 radical (unpaired) electrons. The number of benzene rings is 5. The number of hydrogen-bond acceptors (Lipinski definition) is 2. The third kappa shape index (κ3) is 4.00. The second-order valence-corrected chi connectivity index (χ2v) is 10.9. The molecule has 7 aromatic rings. The minimum absolute atomic E-state index is 0.654. The highest BCUT2D eigenvalue weighted by Crippen LogP contribution is 2.44. The van der Waals surface area contributed by atoms with Crippen molar-refractivity contribution in [2.24, 2.45) is 0 Å². The largest absolute Gasteiger partial charge is 0.308 e. The van der Waals surface area contributed by atoms with Crippen molar-refractivity contribution in [1.82, 2.24) is 9.55 Å². The molecule has 0 amide bonds. The lowest BCUT2D eigenvalue weighted by Crippen LogP contribution is -2.02. The van der Waals surface area contributed by atoms with E-state index in [0.717, 1.165) is 33.4 Å². The van der Waals surface area contributed by atoms with Gasteiger partial charge in [0.1, 0.15) is 0 Å². The first-order chi connectivity index (χ1) is 20.6. The van der Waals surface area contributed by atoms with Gasteiger partial charge in [-0.1, -0.05) is 84.9 Å². The molecule has 0 bridgehead atoms. The van der Waals surface area contributed by atoms with Crippen molar-refractivity contribution in [1.29, 1.82) is 5.26 Å². The summed E-state index contributed by atoms with van der Waals surface area (Å²) in [5, 5.41) is 12.6. The van der Waals surface area contributed by atoms with Gasteiger partial charge in [0.25, 0.3) is 0 Å². The molecule has 0 saturated carbocycles. The number of rotatable bonds is 4. The Kier molecular flexibility index (Phi) is 6.18. The molecule has 2 aromatic heterocycles. The SMILES string of the molecule is Cc1ccccc1-c1cccc2c3cccc(-c4ccccc4C)c3n(-c3cc(-c4ccncc4)c(C#N)cc3C)c12. The van der Waals surface area contributed by atoms with Crippen molar-refractivity contribution >= 4 is 21.8 Å². The summed E-state index contributed by atoms with van der Waals surface area (Å²) < 4.78 is 2.44. The van der Waals surface area contributed by atoms with Crippen LogP contribution < -0.4 is 0 Å². The average Bonchev–Trinajstić information content (AvgIpc) is 3.37. The zero-order valence-corrected chi connectivity index (χ0v) is 23.9. The molecule has 0 aliphatic heterocycles. The molecular formula is C39H29N3. The average molecular weight is 540 g/mol. The minimum Gasteiger partial charge on any atom is -0.308 e. The van der Waals surface area contributed by atoms with Crippen molar-refractivity contribution in [3.63, 3.8) is 0 Å². The van der Waals surface area contributed by atoms with Crippen molar-refractivity contribution in [2.75, 3.05) is 0 Å². The number of hydrogen-bond donors (Lipinski definition) is 0. The monoisotopic (exact) mass is 539 g/mol. The van der Waals surface area contributed by atoms with Crippen LogP contribution >= 0.6 is 0 Å². The van der Waals surface area contributed by atoms with Crippen LogP contribution in [0, 0.1) is 32.1 Å². The quantitative estimate of drug-likeness (QED) is 0.223. The van der Waals surface area contributed by atoms with E-state index >= 15 is 0 Å². The number of aryl methyl sites for hydroxylation is 3. The lowest BCUT2D eigenvalue weighted by atomic mass is 9.96. The van der Waals surface area contributed by atoms with Gasteiger partial charge in [0.05, 0.1) is 22.7 Å². The zero-order valence-electron chi connectivity index (χ0n) is 23.9. The Hall–Kier alpha value is -5.46. The van der Waals surface area contributed by atoms with Gasteiger partial charge in [-0.2, -0.15) is 5.26 Å². The standard InChI is InChI=1S/C39H29N3/c1-25-10-4-6-12-30(25)32-14-8-16-34-35-17-9-15-33(31-13-7-5-11-26(31)2)39(35)42(38(32)34)37-23-36(28-18-20-41-21-19-28)29(24-40)22-27(37)3/h4-23H,1-3H3. The Morgan fingerprint density at radius 1 is 0.548 bits per heavy atom. The number of para-hydroxylation sites is 2. The van der Waals surface area contributed by atoms with Crippen LogP contribution in [0.25, 0.3) is 60.9 Å². The fourth-order valence-electron chi connectivity index (χ4n) is 6.34. The molecule has 0 saturated heterocycles. The molecule has 0 fully saturated rings. The van der Waals surface area contributed by atoms with Gasteiger partial charge in [0, 0.05) is 45.5 Å². The van der Waals surface area contributed by atoms with Gasteiger partial charge in [-0.25, -0.2) is 0 Å². The van der Waals surface area contributed by atoms with Crippen LogP contribution in [0.15, 0.2) is 122 Å². The van der Waals surface area contributed by atoms with E-state index in [2.05, 4.69) is 127 Å². The number of nitrogens with zero attached hydrogens (tertiary/aromatic N) is 3. The highest BCUT2D eigenvalue weighted by molar-refractivity contribution is 6.17. The number of nitriles is 1. The van der Waals surface area contributed by atoms with Crippen molar-refractivity contribution in [2.45, 2.75) is 20.8 Å². The predicted octanol–water partition coefficient (Wildman–Crippen LogP) is 9.98. The lowest BCUT2D eigenvalue weighted by molar-refractivity contribution is 1.15. The Labute approximate surface area is 246 Å². The van der Waals surface area contributed by atoms with Gasteiger partial charge in [-0.3, -0.25) is 4.98 Å². The van der Waals surface area contributed by atoms with E-state index in [1.54, 1.807) is 12.4 Å². The Morgan fingerprint density at radius 3 is 1.60 bits per heavy atom. The third-order valence-electron chi connectivity index (χ3n) is 8.37. The van der Waals surface area contributed by atoms with Crippen LogP contribution in [-0.2, 0) is 0 Å². The van der Waals surface area contributed by atoms with E-state index in [9.17, 15) is 5.26 Å². The number of pyridine rings is 1. The summed E-state index contributed by atoms with van der Waals surface area (Å²) >= 11 is 0. The van der Waals surface area contributed by atoms with E-state index < -0.39 is 0 Å². The smallest absolute Gasteiger partial charge is 0.0998 e. The van der Waals surface area contributed by atoms with Crippen LogP contribution in [0.3, 0.4) is 0 Å². The summed E-state index contributed by atoms with van der Waals surface area (Å²) in [6.45, 7) is 6.46. The molecule has 0 spiro atoms. The molecule has 0 aliphatic carbocycles. The van der Waals surface area contributed by atoms with Gasteiger partial charge in [-0.15, -0.1) is 0 Å². The van der Waals surface area contributed by atoms with E-state index in [4.69, 9.17) is 0 Å². The van der Waals surface area contributed by atoms with Crippen LogP contribution in [-0.4, -0.2) is 9.55 Å². The first kappa shape index (κ1) is 25.5. The van der Waals surface area contributed by atoms with Crippen molar-refractivity contribution < 1.29 is 0 Å². The summed E-state index contributed by atoms with van der Waals surface area (Å²) in [5.74, 6) is 0. The Morgan fingerprint density at radius 2 is 1.07 bits per heavy atom. The molecule has 0 atom stereocenters. The van der Waals surface area contributed by atoms with Gasteiger partial charge in [0.2, 0.25) is 0 Å². The Bertz CT molecular complexity index is 2080. The van der Waals surface area contributed by atoms with Crippen molar-refractivity contribution in [3.8, 4) is 45.1 Å². The molecule has 0 unspecified atom stereocenters.